The zero-order valence-corrected chi connectivity index (χ0v) is 34.9. The third-order valence-electron chi connectivity index (χ3n) is 11.9. The zero-order chi connectivity index (χ0) is 41.8. The van der Waals surface area contributed by atoms with Gasteiger partial charge in [0.2, 0.25) is 23.6 Å². The minimum atomic E-state index is -0.634. The van der Waals surface area contributed by atoms with Crippen LogP contribution in [-0.4, -0.2) is 118 Å². The molecule has 1 unspecified atom stereocenters. The number of hydrogen-bond acceptors (Lipinski definition) is 10. The number of nitrogens with one attached hydrogen (secondary N) is 2. The quantitative estimate of drug-likeness (QED) is 0.0895. The summed E-state index contributed by atoms with van der Waals surface area (Å²) < 4.78 is 0. The number of aromatic nitrogens is 2. The highest BCUT2D eigenvalue weighted by Crippen LogP contribution is 2.35. The first-order valence-corrected chi connectivity index (χ1v) is 22.3. The lowest BCUT2D eigenvalue weighted by molar-refractivity contribution is -0.137. The Balaban J connectivity index is 0.751. The van der Waals surface area contributed by atoms with Crippen LogP contribution in [0.25, 0.3) is 6.08 Å². The molecule has 15 heteroatoms. The van der Waals surface area contributed by atoms with E-state index in [0.29, 0.717) is 69.2 Å². The van der Waals surface area contributed by atoms with Crippen molar-refractivity contribution in [1.29, 1.82) is 0 Å². The molecule has 60 heavy (non-hydrogen) atoms. The van der Waals surface area contributed by atoms with Gasteiger partial charge in [-0.15, -0.1) is 11.8 Å². The van der Waals surface area contributed by atoms with Crippen LogP contribution in [0.3, 0.4) is 0 Å². The molecule has 2 N–H and O–H groups in total. The summed E-state index contributed by atoms with van der Waals surface area (Å²) in [6.45, 7) is 5.08. The molecular formula is C45H54N8O6S. The number of unbranched alkanes of at least 4 members (excludes halogenated alkanes) is 2. The van der Waals surface area contributed by atoms with E-state index in [4.69, 9.17) is 0 Å². The summed E-state index contributed by atoms with van der Waals surface area (Å²) >= 11 is 1.67. The van der Waals surface area contributed by atoms with Crippen LogP contribution in [0.1, 0.15) is 96.1 Å². The van der Waals surface area contributed by atoms with Crippen LogP contribution in [0.5, 0.6) is 0 Å². The molecule has 0 spiro atoms. The fraction of sp³-hybridized carbons (Fsp3) is 0.467. The number of carbonyl (C=O) groups is 6. The third-order valence-corrected chi connectivity index (χ3v) is 13.1. The summed E-state index contributed by atoms with van der Waals surface area (Å²) in [5, 5.41) is 5.30. The van der Waals surface area contributed by atoms with Gasteiger partial charge in [-0.25, -0.2) is 4.98 Å². The molecule has 4 aliphatic heterocycles. The highest BCUT2D eigenvalue weighted by molar-refractivity contribution is 7.99. The van der Waals surface area contributed by atoms with Crippen LogP contribution in [0, 0.1) is 5.92 Å². The van der Waals surface area contributed by atoms with Crippen LogP contribution < -0.4 is 15.5 Å². The number of anilines is 1. The lowest BCUT2D eigenvalue weighted by atomic mass is 9.91. The number of imide groups is 1. The van der Waals surface area contributed by atoms with E-state index in [1.54, 1.807) is 47.4 Å². The smallest absolute Gasteiger partial charge is 0.255 e. The van der Waals surface area contributed by atoms with Gasteiger partial charge in [0.05, 0.1) is 5.56 Å². The number of hydrogen-bond donors (Lipinski definition) is 2. The third kappa shape index (κ3) is 11.0. The van der Waals surface area contributed by atoms with E-state index in [-0.39, 0.29) is 36.0 Å². The van der Waals surface area contributed by atoms with Gasteiger partial charge in [-0.2, -0.15) is 0 Å². The normalized spacial score (nSPS) is 18.5. The lowest BCUT2D eigenvalue weighted by Gasteiger charge is -2.35. The Morgan fingerprint density at radius 2 is 1.70 bits per heavy atom. The van der Waals surface area contributed by atoms with Crippen molar-refractivity contribution in [3.63, 3.8) is 0 Å². The van der Waals surface area contributed by atoms with Crippen molar-refractivity contribution < 1.29 is 28.8 Å². The van der Waals surface area contributed by atoms with E-state index in [1.807, 2.05) is 46.2 Å². The molecule has 3 fully saturated rings. The molecule has 2 aromatic heterocycles. The molecule has 3 saturated heterocycles. The Kier molecular flexibility index (Phi) is 14.6. The van der Waals surface area contributed by atoms with Crippen LogP contribution in [0.2, 0.25) is 0 Å². The topological polar surface area (TPSA) is 165 Å². The first-order chi connectivity index (χ1) is 29.2. The fourth-order valence-corrected chi connectivity index (χ4v) is 9.47. The van der Waals surface area contributed by atoms with E-state index in [2.05, 4.69) is 25.5 Å². The molecule has 0 aliphatic carbocycles. The van der Waals surface area contributed by atoms with E-state index >= 15 is 0 Å². The predicted octanol–water partition coefficient (Wildman–Crippen LogP) is 4.70. The number of likely N-dealkylation sites (tertiary alicyclic amines) is 1. The lowest BCUT2D eigenvalue weighted by Crippen LogP contribution is -2.52. The summed E-state index contributed by atoms with van der Waals surface area (Å²) in [6, 6.07) is 12.5. The number of nitrogens with zero attached hydrogens (tertiary/aromatic N) is 6. The van der Waals surface area contributed by atoms with Crippen LogP contribution in [0.4, 0.5) is 5.82 Å². The van der Waals surface area contributed by atoms with Crippen molar-refractivity contribution >= 4 is 59.1 Å². The number of piperazine rings is 1. The second-order valence-corrected chi connectivity index (χ2v) is 17.0. The van der Waals surface area contributed by atoms with Gasteiger partial charge >= 0.3 is 0 Å². The van der Waals surface area contributed by atoms with Crippen molar-refractivity contribution in [2.75, 3.05) is 56.5 Å². The fourth-order valence-electron chi connectivity index (χ4n) is 8.38. The summed E-state index contributed by atoms with van der Waals surface area (Å²) in [4.78, 5) is 92.9. The van der Waals surface area contributed by atoms with E-state index in [9.17, 15) is 28.8 Å². The molecule has 0 bridgehead atoms. The number of amides is 6. The maximum Gasteiger partial charge on any atom is 0.255 e. The molecule has 1 atom stereocenters. The Labute approximate surface area is 355 Å². The average Bonchev–Trinajstić information content (AvgIpc) is 3.61. The SMILES string of the molecule is O=C(/C=C/c1cccnc1)NCCCCC1CCN(C(=O)c2ccc(N3CCN(C(=O)CCCCSc4cccc5c4CN(C4CCC(=O)NC4=O)C5=O)CC3)nc2)CC1. The first kappa shape index (κ1) is 42.6. The second kappa shape index (κ2) is 20.6. The van der Waals surface area contributed by atoms with Crippen molar-refractivity contribution in [1.82, 2.24) is 35.3 Å². The van der Waals surface area contributed by atoms with Gasteiger partial charge in [0, 0.05) is 100 Å². The minimum absolute atomic E-state index is 0.0163. The van der Waals surface area contributed by atoms with Gasteiger partial charge < -0.3 is 24.9 Å². The predicted molar refractivity (Wildman–Crippen MR) is 229 cm³/mol. The van der Waals surface area contributed by atoms with Crippen molar-refractivity contribution in [3.8, 4) is 0 Å². The molecule has 316 valence electrons. The van der Waals surface area contributed by atoms with E-state index in [0.717, 1.165) is 85.6 Å². The Hall–Kier alpha value is -5.57. The summed E-state index contributed by atoms with van der Waals surface area (Å²) in [6.07, 6.45) is 16.1. The standard InChI is InChI=1S/C45H54N8O6S/c54-40(16-12-33-8-6-20-46-29-33)47-21-3-1-7-32-18-22-52(23-19-32)44(58)34-13-15-39(48-30-34)50-24-26-51(27-25-50)42(56)11-2-4-28-60-38-10-5-9-35-36(38)31-53(45(35)59)37-14-17-41(55)49-43(37)57/h5-6,8-10,12-13,15-16,20,29-30,32,37H,1-4,7,11,14,17-19,21-28,31H2,(H,47,54)(H,49,55,57)/b16-12+. The second-order valence-electron chi connectivity index (χ2n) is 15.9. The highest BCUT2D eigenvalue weighted by Gasteiger charge is 2.40. The summed E-state index contributed by atoms with van der Waals surface area (Å²) in [5.41, 5.74) is 3.02. The van der Waals surface area contributed by atoms with Crippen molar-refractivity contribution in [2.45, 2.75) is 81.7 Å². The van der Waals surface area contributed by atoms with E-state index < -0.39 is 11.9 Å². The molecule has 3 aromatic rings. The van der Waals surface area contributed by atoms with Gasteiger partial charge in [-0.3, -0.25) is 39.1 Å². The number of fused-ring (bicyclic) bond motifs is 1. The summed E-state index contributed by atoms with van der Waals surface area (Å²) in [5.74, 6) is 1.38. The first-order valence-electron chi connectivity index (χ1n) is 21.3. The van der Waals surface area contributed by atoms with Crippen LogP contribution in [-0.2, 0) is 25.7 Å². The Bertz CT molecular complexity index is 2050. The van der Waals surface area contributed by atoms with Crippen LogP contribution >= 0.6 is 11.8 Å². The van der Waals surface area contributed by atoms with Gasteiger partial charge in [-0.1, -0.05) is 25.0 Å². The van der Waals surface area contributed by atoms with Gasteiger partial charge in [0.1, 0.15) is 11.9 Å². The molecule has 0 saturated carbocycles. The number of benzene rings is 1. The zero-order valence-electron chi connectivity index (χ0n) is 34.1. The molecule has 14 nitrogen and oxygen atoms in total. The minimum Gasteiger partial charge on any atom is -0.353 e. The van der Waals surface area contributed by atoms with Crippen molar-refractivity contribution in [2.24, 2.45) is 5.92 Å². The van der Waals surface area contributed by atoms with Gasteiger partial charge in [0.25, 0.3) is 11.8 Å². The average molecular weight is 835 g/mol. The number of thioether (sulfide) groups is 1. The van der Waals surface area contributed by atoms with Gasteiger partial charge in [0.15, 0.2) is 0 Å². The molecule has 4 aliphatic rings. The Morgan fingerprint density at radius 1 is 0.867 bits per heavy atom. The maximum absolute atomic E-state index is 13.3. The Morgan fingerprint density at radius 3 is 2.45 bits per heavy atom. The number of rotatable bonds is 16. The monoisotopic (exact) mass is 834 g/mol. The van der Waals surface area contributed by atoms with Crippen LogP contribution in [0.15, 0.2) is 72.0 Å². The number of pyridine rings is 2. The molecule has 7 rings (SSSR count). The maximum atomic E-state index is 13.3. The largest absolute Gasteiger partial charge is 0.353 e. The number of carbonyl (C=O) groups excluding carboxylic acids is 6. The number of piperidine rings is 2. The molecule has 6 heterocycles. The summed E-state index contributed by atoms with van der Waals surface area (Å²) in [7, 11) is 0. The van der Waals surface area contributed by atoms with E-state index in [1.165, 1.54) is 6.08 Å². The molecule has 1 aromatic carbocycles. The van der Waals surface area contributed by atoms with Crippen molar-refractivity contribution in [3.05, 3.63) is 89.4 Å². The molecular weight excluding hydrogens is 781 g/mol. The highest BCUT2D eigenvalue weighted by atomic mass is 32.2. The van der Waals surface area contributed by atoms with Gasteiger partial charge in [-0.05, 0) is 97.7 Å². The molecule has 6 amide bonds. The molecule has 0 radical (unpaired) electrons.